The molecule has 0 spiro atoms. The number of aryl methyl sites for hydroxylation is 1. The minimum absolute atomic E-state index is 0.315. The van der Waals surface area contributed by atoms with Crippen LogP contribution in [-0.2, 0) is 0 Å². The van der Waals surface area contributed by atoms with Gasteiger partial charge < -0.3 is 16.0 Å². The summed E-state index contributed by atoms with van der Waals surface area (Å²) in [5, 5.41) is 3.23. The van der Waals surface area contributed by atoms with Crippen LogP contribution < -0.4 is 11.1 Å². The molecule has 1 aromatic heterocycles. The van der Waals surface area contributed by atoms with Gasteiger partial charge in [0.05, 0.1) is 0 Å². The molecule has 0 aliphatic carbocycles. The third-order valence-electron chi connectivity index (χ3n) is 2.33. The molecule has 1 unspecified atom stereocenters. The van der Waals surface area contributed by atoms with E-state index in [-0.39, 0.29) is 0 Å². The first kappa shape index (κ1) is 11.7. The Hall–Kier alpha value is -1.36. The molecule has 0 amide bonds. The Morgan fingerprint density at radius 2 is 2.13 bits per heavy atom. The van der Waals surface area contributed by atoms with Crippen molar-refractivity contribution in [3.05, 3.63) is 11.8 Å². The zero-order valence-electron chi connectivity index (χ0n) is 9.78. The third-order valence-corrected chi connectivity index (χ3v) is 2.33. The molecular formula is C10H19N5. The predicted octanol–water partition coefficient (Wildman–Crippen LogP) is 0.729. The summed E-state index contributed by atoms with van der Waals surface area (Å²) in [4.78, 5) is 10.3. The summed E-state index contributed by atoms with van der Waals surface area (Å²) in [5.41, 5.74) is 6.43. The highest BCUT2D eigenvalue weighted by molar-refractivity contribution is 5.40. The van der Waals surface area contributed by atoms with Crippen LogP contribution in [0.15, 0.2) is 6.07 Å². The fourth-order valence-electron chi connectivity index (χ4n) is 1.12. The van der Waals surface area contributed by atoms with Gasteiger partial charge in [-0.2, -0.15) is 4.98 Å². The fraction of sp³-hybridized carbons (Fsp3) is 0.600. The monoisotopic (exact) mass is 209 g/mol. The zero-order valence-corrected chi connectivity index (χ0v) is 9.78. The Kier molecular flexibility index (Phi) is 3.85. The van der Waals surface area contributed by atoms with Gasteiger partial charge in [0.2, 0.25) is 5.95 Å². The van der Waals surface area contributed by atoms with Gasteiger partial charge in [0, 0.05) is 24.3 Å². The summed E-state index contributed by atoms with van der Waals surface area (Å²) in [6.07, 6.45) is 0. The van der Waals surface area contributed by atoms with Gasteiger partial charge in [0.1, 0.15) is 5.82 Å². The highest BCUT2D eigenvalue weighted by Crippen LogP contribution is 2.07. The molecule has 0 bridgehead atoms. The Morgan fingerprint density at radius 3 is 2.67 bits per heavy atom. The highest BCUT2D eigenvalue weighted by Gasteiger charge is 2.05. The standard InChI is InChI=1S/C10H19N5/c1-7-5-9(14-10(11)13-7)12-6-8(2)15(3)4/h5,8H,6H2,1-4H3,(H3,11,12,13,14). The highest BCUT2D eigenvalue weighted by atomic mass is 15.1. The van der Waals surface area contributed by atoms with Gasteiger partial charge in [-0.3, -0.25) is 0 Å². The first-order valence-corrected chi connectivity index (χ1v) is 5.00. The van der Waals surface area contributed by atoms with Crippen molar-refractivity contribution in [1.29, 1.82) is 0 Å². The number of rotatable bonds is 4. The van der Waals surface area contributed by atoms with E-state index in [2.05, 4.69) is 27.1 Å². The quantitative estimate of drug-likeness (QED) is 0.765. The second-order valence-electron chi connectivity index (χ2n) is 3.95. The molecule has 0 aliphatic rings. The summed E-state index contributed by atoms with van der Waals surface area (Å²) in [5.74, 6) is 1.10. The molecule has 1 heterocycles. The van der Waals surface area contributed by atoms with Crippen molar-refractivity contribution >= 4 is 11.8 Å². The SMILES string of the molecule is Cc1cc(NCC(C)N(C)C)nc(N)n1. The summed E-state index contributed by atoms with van der Waals surface area (Å²) < 4.78 is 0. The molecule has 0 radical (unpaired) electrons. The minimum Gasteiger partial charge on any atom is -0.368 e. The average molecular weight is 209 g/mol. The summed E-state index contributed by atoms with van der Waals surface area (Å²) in [6.45, 7) is 4.88. The molecule has 0 fully saturated rings. The van der Waals surface area contributed by atoms with Crippen LogP contribution in [0.1, 0.15) is 12.6 Å². The van der Waals surface area contributed by atoms with Crippen LogP contribution in [0, 0.1) is 6.92 Å². The molecule has 0 saturated carbocycles. The van der Waals surface area contributed by atoms with Crippen LogP contribution in [0.5, 0.6) is 0 Å². The second-order valence-corrected chi connectivity index (χ2v) is 3.95. The molecule has 1 aromatic rings. The Morgan fingerprint density at radius 1 is 1.47 bits per heavy atom. The fourth-order valence-corrected chi connectivity index (χ4v) is 1.12. The third kappa shape index (κ3) is 3.71. The lowest BCUT2D eigenvalue weighted by molar-refractivity contribution is 0.326. The first-order chi connectivity index (χ1) is 6.99. The van der Waals surface area contributed by atoms with E-state index in [9.17, 15) is 0 Å². The van der Waals surface area contributed by atoms with Gasteiger partial charge in [-0.05, 0) is 27.9 Å². The van der Waals surface area contributed by atoms with Crippen molar-refractivity contribution in [1.82, 2.24) is 14.9 Å². The van der Waals surface area contributed by atoms with Crippen LogP contribution in [0.25, 0.3) is 0 Å². The van der Waals surface area contributed by atoms with Crippen LogP contribution in [0.2, 0.25) is 0 Å². The topological polar surface area (TPSA) is 67.1 Å². The van der Waals surface area contributed by atoms with Crippen LogP contribution >= 0.6 is 0 Å². The molecule has 1 rings (SSSR count). The van der Waals surface area contributed by atoms with Crippen molar-refractivity contribution < 1.29 is 0 Å². The Labute approximate surface area is 90.7 Å². The molecular weight excluding hydrogens is 190 g/mol. The molecule has 0 aliphatic heterocycles. The number of hydrogen-bond acceptors (Lipinski definition) is 5. The molecule has 84 valence electrons. The van der Waals surface area contributed by atoms with Crippen LogP contribution in [0.3, 0.4) is 0 Å². The summed E-state index contributed by atoms with van der Waals surface area (Å²) >= 11 is 0. The predicted molar refractivity (Wildman–Crippen MR) is 62.8 cm³/mol. The van der Waals surface area contributed by atoms with E-state index in [1.54, 1.807) is 0 Å². The molecule has 1 atom stereocenters. The lowest BCUT2D eigenvalue weighted by Gasteiger charge is -2.20. The molecule has 0 aromatic carbocycles. The van der Waals surface area contributed by atoms with Gasteiger partial charge in [0.25, 0.3) is 0 Å². The largest absolute Gasteiger partial charge is 0.368 e. The van der Waals surface area contributed by atoms with E-state index in [0.29, 0.717) is 12.0 Å². The van der Waals surface area contributed by atoms with Gasteiger partial charge in [-0.15, -0.1) is 0 Å². The van der Waals surface area contributed by atoms with Gasteiger partial charge in [-0.1, -0.05) is 0 Å². The van der Waals surface area contributed by atoms with Crippen molar-refractivity contribution in [2.24, 2.45) is 0 Å². The number of anilines is 2. The Balaban J connectivity index is 2.57. The number of nitrogens with zero attached hydrogens (tertiary/aromatic N) is 3. The normalized spacial score (nSPS) is 12.9. The number of nitrogens with two attached hydrogens (primary N) is 1. The van der Waals surface area contributed by atoms with Crippen LogP contribution in [-0.4, -0.2) is 41.5 Å². The zero-order chi connectivity index (χ0) is 11.4. The molecule has 15 heavy (non-hydrogen) atoms. The van der Waals surface area contributed by atoms with Gasteiger partial charge >= 0.3 is 0 Å². The average Bonchev–Trinajstić information content (AvgIpc) is 2.12. The van der Waals surface area contributed by atoms with E-state index < -0.39 is 0 Å². The van der Waals surface area contributed by atoms with E-state index in [0.717, 1.165) is 18.1 Å². The Bertz CT molecular complexity index is 303. The van der Waals surface area contributed by atoms with E-state index in [4.69, 9.17) is 5.73 Å². The smallest absolute Gasteiger partial charge is 0.222 e. The maximum atomic E-state index is 5.55. The maximum Gasteiger partial charge on any atom is 0.222 e. The van der Waals surface area contributed by atoms with Crippen LogP contribution in [0.4, 0.5) is 11.8 Å². The maximum absolute atomic E-state index is 5.55. The number of aromatic nitrogens is 2. The van der Waals surface area contributed by atoms with E-state index in [1.165, 1.54) is 0 Å². The summed E-state index contributed by atoms with van der Waals surface area (Å²) in [7, 11) is 4.10. The van der Waals surface area contributed by atoms with Crippen molar-refractivity contribution in [3.63, 3.8) is 0 Å². The van der Waals surface area contributed by atoms with Crippen molar-refractivity contribution in [2.75, 3.05) is 31.7 Å². The number of hydrogen-bond donors (Lipinski definition) is 2. The second kappa shape index (κ2) is 4.93. The molecule has 0 saturated heterocycles. The minimum atomic E-state index is 0.315. The lowest BCUT2D eigenvalue weighted by atomic mass is 10.3. The molecule has 5 heteroatoms. The number of likely N-dealkylation sites (N-methyl/N-ethyl adjacent to an activating group) is 1. The molecule has 5 nitrogen and oxygen atoms in total. The van der Waals surface area contributed by atoms with Crippen molar-refractivity contribution in [2.45, 2.75) is 19.9 Å². The van der Waals surface area contributed by atoms with E-state index >= 15 is 0 Å². The first-order valence-electron chi connectivity index (χ1n) is 5.00. The lowest BCUT2D eigenvalue weighted by Crippen LogP contribution is -2.31. The van der Waals surface area contributed by atoms with Gasteiger partial charge in [-0.25, -0.2) is 4.98 Å². The molecule has 3 N–H and O–H groups in total. The van der Waals surface area contributed by atoms with Gasteiger partial charge in [0.15, 0.2) is 0 Å². The number of nitrogen functional groups attached to an aromatic ring is 1. The van der Waals surface area contributed by atoms with E-state index in [1.807, 2.05) is 27.1 Å². The van der Waals surface area contributed by atoms with Crippen molar-refractivity contribution in [3.8, 4) is 0 Å². The number of nitrogens with one attached hydrogen (secondary N) is 1. The summed E-state index contributed by atoms with van der Waals surface area (Å²) in [6, 6.07) is 2.33.